The molecule has 2 amide bonds. The molecular weight excluding hydrogens is 240 g/mol. The zero-order chi connectivity index (χ0) is 13.5. The van der Waals surface area contributed by atoms with Gasteiger partial charge in [0.15, 0.2) is 0 Å². The van der Waals surface area contributed by atoms with Gasteiger partial charge in [0.25, 0.3) is 0 Å². The van der Waals surface area contributed by atoms with Gasteiger partial charge in [-0.3, -0.25) is 4.79 Å². The Morgan fingerprint density at radius 3 is 2.67 bits per heavy atom. The number of carboxylic acids is 1. The Morgan fingerprint density at radius 2 is 2.17 bits per heavy atom. The molecule has 1 atom stereocenters. The van der Waals surface area contributed by atoms with Gasteiger partial charge in [0.2, 0.25) is 0 Å². The van der Waals surface area contributed by atoms with E-state index >= 15 is 0 Å². The maximum atomic E-state index is 11.7. The summed E-state index contributed by atoms with van der Waals surface area (Å²) in [6.45, 7) is 0.975. The maximum Gasteiger partial charge on any atom is 0.326 e. The Hall–Kier alpha value is -2.05. The van der Waals surface area contributed by atoms with Crippen LogP contribution in [-0.4, -0.2) is 54.2 Å². The summed E-state index contributed by atoms with van der Waals surface area (Å²) in [7, 11) is 1.17. The SMILES string of the molecule is COC(=O)C[C@H](NC(=O)N1CC=CCC1)C(=O)O. The lowest BCUT2D eigenvalue weighted by Gasteiger charge is -2.25. The second kappa shape index (κ2) is 6.63. The first-order valence-electron chi connectivity index (χ1n) is 5.54. The molecule has 7 heteroatoms. The van der Waals surface area contributed by atoms with Gasteiger partial charge in [-0.2, -0.15) is 0 Å². The highest BCUT2D eigenvalue weighted by Crippen LogP contribution is 2.03. The zero-order valence-corrected chi connectivity index (χ0v) is 10.1. The lowest BCUT2D eigenvalue weighted by Crippen LogP contribution is -2.49. The van der Waals surface area contributed by atoms with Crippen molar-refractivity contribution in [3.05, 3.63) is 12.2 Å². The standard InChI is InChI=1S/C11H16N2O5/c1-18-9(14)7-8(10(15)16)12-11(17)13-5-3-2-4-6-13/h2-3,8H,4-7H2,1H3,(H,12,17)(H,15,16)/t8-/m0/s1. The molecule has 100 valence electrons. The predicted octanol–water partition coefficient (Wildman–Crippen LogP) is -0.0258. The number of ether oxygens (including phenoxy) is 1. The van der Waals surface area contributed by atoms with Crippen LogP contribution in [0.15, 0.2) is 12.2 Å². The lowest BCUT2D eigenvalue weighted by atomic mass is 10.2. The molecule has 0 radical (unpaired) electrons. The van der Waals surface area contributed by atoms with E-state index in [1.165, 1.54) is 12.0 Å². The van der Waals surface area contributed by atoms with Crippen LogP contribution in [0.4, 0.5) is 4.79 Å². The number of nitrogens with one attached hydrogen (secondary N) is 1. The smallest absolute Gasteiger partial charge is 0.326 e. The first-order chi connectivity index (χ1) is 8.54. The molecular formula is C11H16N2O5. The zero-order valence-electron chi connectivity index (χ0n) is 10.1. The number of carbonyl (C=O) groups is 3. The van der Waals surface area contributed by atoms with Crippen molar-refractivity contribution in [2.24, 2.45) is 0 Å². The van der Waals surface area contributed by atoms with E-state index in [1.807, 2.05) is 12.2 Å². The van der Waals surface area contributed by atoms with Crippen LogP contribution < -0.4 is 5.32 Å². The summed E-state index contributed by atoms with van der Waals surface area (Å²) in [5, 5.41) is 11.2. The van der Waals surface area contributed by atoms with Crippen molar-refractivity contribution in [1.29, 1.82) is 0 Å². The summed E-state index contributed by atoms with van der Waals surface area (Å²) in [6.07, 6.45) is 4.13. The normalized spacial score (nSPS) is 15.9. The van der Waals surface area contributed by atoms with Gasteiger partial charge in [-0.15, -0.1) is 0 Å². The largest absolute Gasteiger partial charge is 0.480 e. The van der Waals surface area contributed by atoms with Gasteiger partial charge < -0.3 is 20.1 Å². The van der Waals surface area contributed by atoms with Crippen LogP contribution in [0.5, 0.6) is 0 Å². The number of carboxylic acid groups (broad SMARTS) is 1. The highest BCUT2D eigenvalue weighted by atomic mass is 16.5. The van der Waals surface area contributed by atoms with E-state index in [-0.39, 0.29) is 6.42 Å². The number of rotatable bonds is 4. The van der Waals surface area contributed by atoms with Crippen LogP contribution in [0.3, 0.4) is 0 Å². The number of hydrogen-bond acceptors (Lipinski definition) is 4. The number of esters is 1. The molecule has 0 saturated carbocycles. The summed E-state index contributed by atoms with van der Waals surface area (Å²) in [4.78, 5) is 35.2. The molecule has 1 rings (SSSR count). The van der Waals surface area contributed by atoms with Gasteiger partial charge in [0.1, 0.15) is 6.04 Å². The molecule has 0 unspecified atom stereocenters. The van der Waals surface area contributed by atoms with Crippen molar-refractivity contribution < 1.29 is 24.2 Å². The first-order valence-corrected chi connectivity index (χ1v) is 5.54. The predicted molar refractivity (Wildman–Crippen MR) is 61.9 cm³/mol. The molecule has 0 bridgehead atoms. The Morgan fingerprint density at radius 1 is 1.44 bits per heavy atom. The maximum absolute atomic E-state index is 11.7. The van der Waals surface area contributed by atoms with Crippen molar-refractivity contribution in [2.45, 2.75) is 18.9 Å². The average molecular weight is 256 g/mol. The van der Waals surface area contributed by atoms with E-state index in [2.05, 4.69) is 10.1 Å². The second-order valence-electron chi connectivity index (χ2n) is 3.83. The molecule has 0 aliphatic carbocycles. The van der Waals surface area contributed by atoms with E-state index in [0.717, 1.165) is 6.42 Å². The van der Waals surface area contributed by atoms with Crippen LogP contribution in [0.1, 0.15) is 12.8 Å². The number of aliphatic carboxylic acids is 1. The van der Waals surface area contributed by atoms with E-state index in [4.69, 9.17) is 5.11 Å². The van der Waals surface area contributed by atoms with E-state index < -0.39 is 24.0 Å². The molecule has 0 saturated heterocycles. The topological polar surface area (TPSA) is 95.9 Å². The summed E-state index contributed by atoms with van der Waals surface area (Å²) < 4.78 is 4.38. The van der Waals surface area contributed by atoms with Crippen LogP contribution in [0, 0.1) is 0 Å². The third kappa shape index (κ3) is 4.08. The van der Waals surface area contributed by atoms with Crippen molar-refractivity contribution in [1.82, 2.24) is 10.2 Å². The summed E-state index contributed by atoms with van der Waals surface area (Å²) in [5.41, 5.74) is 0. The minimum Gasteiger partial charge on any atom is -0.480 e. The van der Waals surface area contributed by atoms with Gasteiger partial charge >= 0.3 is 18.0 Å². The van der Waals surface area contributed by atoms with E-state index in [0.29, 0.717) is 13.1 Å². The Kier molecular flexibility index (Phi) is 5.16. The molecule has 0 aromatic rings. The third-order valence-corrected chi connectivity index (χ3v) is 2.54. The quantitative estimate of drug-likeness (QED) is 0.544. The highest BCUT2D eigenvalue weighted by molar-refractivity contribution is 5.86. The number of hydrogen-bond donors (Lipinski definition) is 2. The van der Waals surface area contributed by atoms with Gasteiger partial charge in [0, 0.05) is 13.1 Å². The minimum absolute atomic E-state index is 0.388. The molecule has 1 aliphatic rings. The van der Waals surface area contributed by atoms with Crippen molar-refractivity contribution in [3.8, 4) is 0 Å². The molecule has 1 heterocycles. The number of amides is 2. The molecule has 7 nitrogen and oxygen atoms in total. The summed E-state index contributed by atoms with van der Waals surface area (Å²) >= 11 is 0. The Bertz CT molecular complexity index is 366. The van der Waals surface area contributed by atoms with Gasteiger partial charge in [0.05, 0.1) is 13.5 Å². The fourth-order valence-corrected chi connectivity index (χ4v) is 1.52. The number of carbonyl (C=O) groups excluding carboxylic acids is 2. The monoisotopic (exact) mass is 256 g/mol. The molecule has 0 aromatic carbocycles. The van der Waals surface area contributed by atoms with Crippen LogP contribution in [0.2, 0.25) is 0 Å². The average Bonchev–Trinajstić information content (AvgIpc) is 2.38. The van der Waals surface area contributed by atoms with Gasteiger partial charge in [-0.1, -0.05) is 12.2 Å². The van der Waals surface area contributed by atoms with Crippen LogP contribution in [0.25, 0.3) is 0 Å². The third-order valence-electron chi connectivity index (χ3n) is 2.54. The molecule has 0 aromatic heterocycles. The lowest BCUT2D eigenvalue weighted by molar-refractivity contribution is -0.147. The van der Waals surface area contributed by atoms with Crippen LogP contribution >= 0.6 is 0 Å². The van der Waals surface area contributed by atoms with E-state index in [9.17, 15) is 14.4 Å². The molecule has 0 fully saturated rings. The molecule has 0 spiro atoms. The molecule has 1 aliphatic heterocycles. The first kappa shape index (κ1) is 14.0. The Balaban J connectivity index is 2.54. The molecule has 18 heavy (non-hydrogen) atoms. The summed E-state index contributed by atoms with van der Waals surface area (Å²) in [5.74, 6) is -1.94. The van der Waals surface area contributed by atoms with Crippen LogP contribution in [-0.2, 0) is 14.3 Å². The number of urea groups is 1. The molecule has 2 N–H and O–H groups in total. The summed E-state index contributed by atoms with van der Waals surface area (Å²) in [6, 6.07) is -1.76. The van der Waals surface area contributed by atoms with Gasteiger partial charge in [-0.25, -0.2) is 9.59 Å². The van der Waals surface area contributed by atoms with Crippen molar-refractivity contribution in [3.63, 3.8) is 0 Å². The highest BCUT2D eigenvalue weighted by Gasteiger charge is 2.25. The minimum atomic E-state index is -1.27. The van der Waals surface area contributed by atoms with Crippen molar-refractivity contribution >= 4 is 18.0 Å². The Labute approximate surface area is 104 Å². The van der Waals surface area contributed by atoms with E-state index in [1.54, 1.807) is 0 Å². The number of methoxy groups -OCH3 is 1. The van der Waals surface area contributed by atoms with Crippen molar-refractivity contribution in [2.75, 3.05) is 20.2 Å². The van der Waals surface area contributed by atoms with Gasteiger partial charge in [-0.05, 0) is 6.42 Å². The fraction of sp³-hybridized carbons (Fsp3) is 0.545. The fourth-order valence-electron chi connectivity index (χ4n) is 1.52. The number of nitrogens with zero attached hydrogens (tertiary/aromatic N) is 1. The second-order valence-corrected chi connectivity index (χ2v) is 3.83.